The van der Waals surface area contributed by atoms with E-state index in [9.17, 15) is 13.6 Å². The first-order chi connectivity index (χ1) is 15.5. The molecule has 0 saturated heterocycles. The van der Waals surface area contributed by atoms with Crippen LogP contribution in [0.4, 0.5) is 8.78 Å². The number of imidazole rings is 2. The average molecular weight is 434 g/mol. The normalized spacial score (nSPS) is 15.8. The Bertz CT molecular complexity index is 1590. The first-order valence-electron chi connectivity index (χ1n) is 10.0. The minimum atomic E-state index is -0.770. The highest BCUT2D eigenvalue weighted by molar-refractivity contribution is 5.77. The molecule has 5 aromatic rings. The quantitative estimate of drug-likeness (QED) is 0.427. The van der Waals surface area contributed by atoms with Crippen LogP contribution in [0.15, 0.2) is 53.7 Å². The topological polar surface area (TPSA) is 79.8 Å². The second kappa shape index (κ2) is 6.71. The molecule has 1 unspecified atom stereocenters. The Kier molecular flexibility index (Phi) is 3.91. The molecule has 0 bridgehead atoms. The number of hydrogen-bond donors (Lipinski definition) is 0. The first-order valence-corrected chi connectivity index (χ1v) is 10.0. The van der Waals surface area contributed by atoms with Gasteiger partial charge in [0.15, 0.2) is 17.2 Å². The fourth-order valence-electron chi connectivity index (χ4n) is 4.32. The molecule has 6 rings (SSSR count). The van der Waals surface area contributed by atoms with Crippen molar-refractivity contribution in [2.45, 2.75) is 12.5 Å². The zero-order chi connectivity index (χ0) is 22.0. The summed E-state index contributed by atoms with van der Waals surface area (Å²) in [6, 6.07) is 8.83. The first kappa shape index (κ1) is 18.7. The lowest BCUT2D eigenvalue weighted by molar-refractivity contribution is 0.238. The van der Waals surface area contributed by atoms with Crippen LogP contribution in [0.3, 0.4) is 0 Å². The number of ether oxygens (including phenoxy) is 1. The lowest BCUT2D eigenvalue weighted by Gasteiger charge is -2.27. The monoisotopic (exact) mass is 434 g/mol. The molecule has 10 heteroatoms. The number of fused-ring (bicyclic) bond motifs is 3. The molecule has 1 aliphatic rings. The predicted octanol–water partition coefficient (Wildman–Crippen LogP) is 3.12. The van der Waals surface area contributed by atoms with Crippen LogP contribution in [0, 0.1) is 11.6 Å². The fourth-order valence-corrected chi connectivity index (χ4v) is 4.32. The summed E-state index contributed by atoms with van der Waals surface area (Å²) in [5, 5.41) is 0. The molecule has 0 saturated carbocycles. The van der Waals surface area contributed by atoms with Gasteiger partial charge in [0, 0.05) is 13.5 Å². The van der Waals surface area contributed by atoms with Crippen LogP contribution < -0.4 is 10.4 Å². The standard InChI is InChI=1S/C22H16F2N6O2/c1-28-17-10-25-21(29-11-26-14-4-2-3-5-15(14)29)27-20(17)30(22(28)31)16-8-9-32-19-13(24)7-6-12(23)18(16)19/h2-7,10-11,16H,8-9H2,1H3. The number of para-hydroxylation sites is 2. The van der Waals surface area contributed by atoms with E-state index in [-0.39, 0.29) is 17.9 Å². The average Bonchev–Trinajstić information content (AvgIpc) is 3.35. The summed E-state index contributed by atoms with van der Waals surface area (Å²) in [5.74, 6) is -1.15. The van der Waals surface area contributed by atoms with Gasteiger partial charge in [0.1, 0.15) is 17.7 Å². The molecule has 0 amide bonds. The molecule has 4 heterocycles. The third-order valence-electron chi connectivity index (χ3n) is 5.87. The predicted molar refractivity (Wildman–Crippen MR) is 112 cm³/mol. The molecule has 1 atom stereocenters. The molecule has 1 aliphatic heterocycles. The summed E-state index contributed by atoms with van der Waals surface area (Å²) >= 11 is 0. The third kappa shape index (κ3) is 2.52. The summed E-state index contributed by atoms with van der Waals surface area (Å²) in [6.07, 6.45) is 3.45. The summed E-state index contributed by atoms with van der Waals surface area (Å²) in [7, 11) is 1.60. The van der Waals surface area contributed by atoms with Crippen LogP contribution in [0.1, 0.15) is 18.0 Å². The van der Waals surface area contributed by atoms with Gasteiger partial charge in [-0.1, -0.05) is 12.1 Å². The maximum absolute atomic E-state index is 14.8. The third-order valence-corrected chi connectivity index (χ3v) is 5.87. The number of halogens is 2. The molecule has 32 heavy (non-hydrogen) atoms. The second-order valence-corrected chi connectivity index (χ2v) is 7.62. The molecule has 0 aliphatic carbocycles. The van der Waals surface area contributed by atoms with Crippen LogP contribution >= 0.6 is 0 Å². The van der Waals surface area contributed by atoms with E-state index in [1.807, 2.05) is 24.3 Å². The van der Waals surface area contributed by atoms with E-state index in [4.69, 9.17) is 4.74 Å². The van der Waals surface area contributed by atoms with Crippen molar-refractivity contribution in [3.05, 3.63) is 76.6 Å². The van der Waals surface area contributed by atoms with Crippen LogP contribution in [0.2, 0.25) is 0 Å². The van der Waals surface area contributed by atoms with Crippen molar-refractivity contribution >= 4 is 22.2 Å². The highest BCUT2D eigenvalue weighted by Gasteiger charge is 2.32. The highest BCUT2D eigenvalue weighted by Crippen LogP contribution is 2.39. The maximum atomic E-state index is 14.8. The van der Waals surface area contributed by atoms with Gasteiger partial charge in [0.2, 0.25) is 5.95 Å². The van der Waals surface area contributed by atoms with Crippen molar-refractivity contribution in [3.8, 4) is 11.7 Å². The lowest BCUT2D eigenvalue weighted by Crippen LogP contribution is -2.31. The largest absolute Gasteiger partial charge is 0.490 e. The molecule has 0 N–H and O–H groups in total. The zero-order valence-electron chi connectivity index (χ0n) is 16.9. The van der Waals surface area contributed by atoms with Gasteiger partial charge in [-0.3, -0.25) is 13.7 Å². The van der Waals surface area contributed by atoms with Gasteiger partial charge in [0.05, 0.1) is 35.4 Å². The van der Waals surface area contributed by atoms with E-state index in [1.54, 1.807) is 24.1 Å². The van der Waals surface area contributed by atoms with E-state index in [0.717, 1.165) is 23.2 Å². The second-order valence-electron chi connectivity index (χ2n) is 7.62. The van der Waals surface area contributed by atoms with E-state index in [0.29, 0.717) is 23.5 Å². The Balaban J connectivity index is 1.61. The van der Waals surface area contributed by atoms with Gasteiger partial charge in [-0.2, -0.15) is 4.98 Å². The van der Waals surface area contributed by atoms with Crippen LogP contribution in [-0.4, -0.2) is 35.3 Å². The summed E-state index contributed by atoms with van der Waals surface area (Å²) in [4.78, 5) is 26.6. The van der Waals surface area contributed by atoms with Gasteiger partial charge in [-0.05, 0) is 24.3 Å². The van der Waals surface area contributed by atoms with Gasteiger partial charge < -0.3 is 4.74 Å². The summed E-state index contributed by atoms with van der Waals surface area (Å²) in [6.45, 7) is 0.144. The van der Waals surface area contributed by atoms with Gasteiger partial charge in [0.25, 0.3) is 0 Å². The fraction of sp³-hybridized carbons (Fsp3) is 0.182. The van der Waals surface area contributed by atoms with Gasteiger partial charge in [-0.15, -0.1) is 0 Å². The molecular weight excluding hydrogens is 418 g/mol. The smallest absolute Gasteiger partial charge is 0.330 e. The van der Waals surface area contributed by atoms with E-state index in [2.05, 4.69) is 15.0 Å². The minimum absolute atomic E-state index is 0.0130. The number of benzene rings is 2. The van der Waals surface area contributed by atoms with Crippen molar-refractivity contribution in [1.29, 1.82) is 0 Å². The minimum Gasteiger partial charge on any atom is -0.490 e. The van der Waals surface area contributed by atoms with Crippen LogP contribution in [-0.2, 0) is 7.05 Å². The molecule has 8 nitrogen and oxygen atoms in total. The van der Waals surface area contributed by atoms with Crippen molar-refractivity contribution < 1.29 is 13.5 Å². The number of aryl methyl sites for hydroxylation is 1. The SMILES string of the molecule is Cn1c(=O)n(C2CCOc3c(F)ccc(F)c32)c2nc(-n3cnc4ccccc43)ncc21. The number of rotatable bonds is 2. The Hall–Kier alpha value is -4.08. The Labute approximate surface area is 179 Å². The Morgan fingerprint density at radius 2 is 1.88 bits per heavy atom. The van der Waals surface area contributed by atoms with Crippen LogP contribution in [0.25, 0.3) is 28.1 Å². The van der Waals surface area contributed by atoms with Gasteiger partial charge >= 0.3 is 5.69 Å². The van der Waals surface area contributed by atoms with Gasteiger partial charge in [-0.25, -0.2) is 23.5 Å². The Morgan fingerprint density at radius 3 is 2.75 bits per heavy atom. The highest BCUT2D eigenvalue weighted by atomic mass is 19.1. The molecule has 0 spiro atoms. The van der Waals surface area contributed by atoms with Crippen molar-refractivity contribution in [1.82, 2.24) is 28.7 Å². The van der Waals surface area contributed by atoms with Crippen molar-refractivity contribution in [2.24, 2.45) is 7.05 Å². The maximum Gasteiger partial charge on any atom is 0.330 e. The molecule has 0 fully saturated rings. The lowest BCUT2D eigenvalue weighted by atomic mass is 9.99. The molecule has 2 aromatic carbocycles. The summed E-state index contributed by atoms with van der Waals surface area (Å²) in [5.41, 5.74) is 2.00. The molecule has 3 aromatic heterocycles. The summed E-state index contributed by atoms with van der Waals surface area (Å²) < 4.78 is 39.0. The molecular formula is C22H16F2N6O2. The van der Waals surface area contributed by atoms with Crippen molar-refractivity contribution in [2.75, 3.05) is 6.61 Å². The number of hydrogen-bond acceptors (Lipinski definition) is 5. The van der Waals surface area contributed by atoms with Crippen LogP contribution in [0.5, 0.6) is 5.75 Å². The van der Waals surface area contributed by atoms with E-state index < -0.39 is 23.4 Å². The van der Waals surface area contributed by atoms with Crippen molar-refractivity contribution in [3.63, 3.8) is 0 Å². The number of aromatic nitrogens is 6. The number of nitrogens with zero attached hydrogens (tertiary/aromatic N) is 6. The zero-order valence-corrected chi connectivity index (χ0v) is 16.9. The van der Waals surface area contributed by atoms with E-state index >= 15 is 0 Å². The molecule has 160 valence electrons. The molecule has 0 radical (unpaired) electrons. The van der Waals surface area contributed by atoms with E-state index in [1.165, 1.54) is 9.13 Å². The Morgan fingerprint density at radius 1 is 1.06 bits per heavy atom.